The number of halogens is 1. The standard InChI is InChI=1S/C17H13BrN4O2/c1-10-16(9-21)14(22)24-17(10,12-3-5-13(18)6-4-12)23-11(2)15(16,7-19)8-20/h3-6,10-11,22H,1-2H3. The molecule has 0 saturated carbocycles. The SMILES string of the molecule is CC1OC2(c3ccc(Br)cc3)OC(=N)C(C#N)(C2C)C1(C#N)C#N. The van der Waals surface area contributed by atoms with E-state index >= 15 is 0 Å². The summed E-state index contributed by atoms with van der Waals surface area (Å²) in [6.07, 6.45) is -0.908. The smallest absolute Gasteiger partial charge is 0.243 e. The van der Waals surface area contributed by atoms with E-state index in [0.717, 1.165) is 4.47 Å². The highest BCUT2D eigenvalue weighted by molar-refractivity contribution is 9.10. The van der Waals surface area contributed by atoms with Crippen LogP contribution in [0.2, 0.25) is 0 Å². The van der Waals surface area contributed by atoms with Crippen LogP contribution < -0.4 is 0 Å². The monoisotopic (exact) mass is 384 g/mol. The van der Waals surface area contributed by atoms with E-state index in [9.17, 15) is 15.8 Å². The molecule has 4 atom stereocenters. The van der Waals surface area contributed by atoms with Crippen LogP contribution >= 0.6 is 15.9 Å². The summed E-state index contributed by atoms with van der Waals surface area (Å²) in [6, 6.07) is 13.1. The predicted octanol–water partition coefficient (Wildman–Crippen LogP) is 3.21. The molecule has 2 heterocycles. The third-order valence-electron chi connectivity index (χ3n) is 5.19. The van der Waals surface area contributed by atoms with E-state index in [-0.39, 0.29) is 0 Å². The van der Waals surface area contributed by atoms with Gasteiger partial charge in [0, 0.05) is 10.0 Å². The van der Waals surface area contributed by atoms with Crippen molar-refractivity contribution < 1.29 is 9.47 Å². The molecule has 2 aliphatic rings. The number of benzene rings is 1. The maximum Gasteiger partial charge on any atom is 0.243 e. The van der Waals surface area contributed by atoms with Gasteiger partial charge in [-0.3, -0.25) is 5.41 Å². The first kappa shape index (κ1) is 16.5. The number of nitrogens with zero attached hydrogens (tertiary/aromatic N) is 3. The molecule has 24 heavy (non-hydrogen) atoms. The van der Waals surface area contributed by atoms with Crippen molar-refractivity contribution in [1.29, 1.82) is 21.2 Å². The highest BCUT2D eigenvalue weighted by Gasteiger charge is 2.78. The van der Waals surface area contributed by atoms with E-state index in [4.69, 9.17) is 14.9 Å². The topological polar surface area (TPSA) is 114 Å². The van der Waals surface area contributed by atoms with Gasteiger partial charge in [0.05, 0.1) is 30.2 Å². The van der Waals surface area contributed by atoms with Gasteiger partial charge in [0.25, 0.3) is 0 Å². The second kappa shape index (κ2) is 5.05. The molecule has 2 fully saturated rings. The minimum Gasteiger partial charge on any atom is -0.443 e. The fraction of sp³-hybridized carbons (Fsp3) is 0.412. The Hall–Kier alpha value is -2.40. The Morgan fingerprint density at radius 1 is 1.08 bits per heavy atom. The minimum atomic E-state index is -1.81. The number of nitriles is 3. The molecule has 0 aromatic heterocycles. The average Bonchev–Trinajstić information content (AvgIpc) is 2.74. The minimum absolute atomic E-state index is 0.395. The zero-order chi connectivity index (χ0) is 17.8. The van der Waals surface area contributed by atoms with Crippen molar-refractivity contribution in [2.45, 2.75) is 25.7 Å². The second-order valence-electron chi connectivity index (χ2n) is 6.04. The van der Waals surface area contributed by atoms with Crippen LogP contribution in [0.3, 0.4) is 0 Å². The van der Waals surface area contributed by atoms with Gasteiger partial charge < -0.3 is 9.47 Å². The van der Waals surface area contributed by atoms with E-state index in [2.05, 4.69) is 22.0 Å². The van der Waals surface area contributed by atoms with Crippen molar-refractivity contribution in [1.82, 2.24) is 0 Å². The lowest BCUT2D eigenvalue weighted by Gasteiger charge is -2.47. The van der Waals surface area contributed by atoms with Crippen LogP contribution in [0.25, 0.3) is 0 Å². The van der Waals surface area contributed by atoms with Crippen LogP contribution in [-0.4, -0.2) is 12.0 Å². The first-order valence-electron chi connectivity index (χ1n) is 7.30. The van der Waals surface area contributed by atoms with Gasteiger partial charge in [-0.15, -0.1) is 0 Å². The number of fused-ring (bicyclic) bond motifs is 2. The van der Waals surface area contributed by atoms with Crippen LogP contribution in [0.5, 0.6) is 0 Å². The third-order valence-corrected chi connectivity index (χ3v) is 5.72. The van der Waals surface area contributed by atoms with Crippen LogP contribution in [0.1, 0.15) is 19.4 Å². The van der Waals surface area contributed by atoms with Crippen LogP contribution in [0.4, 0.5) is 0 Å². The summed E-state index contributed by atoms with van der Waals surface area (Å²) in [5, 5.41) is 37.6. The number of ether oxygens (including phenoxy) is 2. The summed E-state index contributed by atoms with van der Waals surface area (Å²) < 4.78 is 12.6. The highest BCUT2D eigenvalue weighted by atomic mass is 79.9. The zero-order valence-corrected chi connectivity index (χ0v) is 14.6. The zero-order valence-electron chi connectivity index (χ0n) is 13.0. The van der Waals surface area contributed by atoms with Gasteiger partial charge in [0.2, 0.25) is 11.7 Å². The van der Waals surface area contributed by atoms with Crippen molar-refractivity contribution in [2.24, 2.45) is 16.7 Å². The van der Waals surface area contributed by atoms with Crippen LogP contribution in [-0.2, 0) is 15.3 Å². The number of rotatable bonds is 1. The Morgan fingerprint density at radius 2 is 1.67 bits per heavy atom. The Bertz CT molecular complexity index is 833. The lowest BCUT2D eigenvalue weighted by molar-refractivity contribution is -0.281. The molecule has 7 heteroatoms. The summed E-state index contributed by atoms with van der Waals surface area (Å²) >= 11 is 3.36. The van der Waals surface area contributed by atoms with Gasteiger partial charge in [-0.05, 0) is 19.1 Å². The quantitative estimate of drug-likeness (QED) is 0.797. The van der Waals surface area contributed by atoms with Gasteiger partial charge in [0.1, 0.15) is 0 Å². The van der Waals surface area contributed by atoms with Crippen molar-refractivity contribution >= 4 is 21.8 Å². The van der Waals surface area contributed by atoms with E-state index in [1.165, 1.54) is 0 Å². The van der Waals surface area contributed by atoms with Crippen LogP contribution in [0.15, 0.2) is 28.7 Å². The third kappa shape index (κ3) is 1.58. The normalized spacial score (nSPS) is 36.1. The molecular formula is C17H13BrN4O2. The largest absolute Gasteiger partial charge is 0.443 e. The lowest BCUT2D eigenvalue weighted by atomic mass is 9.54. The first-order valence-corrected chi connectivity index (χ1v) is 8.09. The Labute approximate surface area is 147 Å². The Balaban J connectivity index is 2.29. The van der Waals surface area contributed by atoms with E-state index in [0.29, 0.717) is 5.56 Å². The Morgan fingerprint density at radius 3 is 2.17 bits per heavy atom. The van der Waals surface area contributed by atoms with Crippen molar-refractivity contribution in [3.8, 4) is 18.2 Å². The van der Waals surface area contributed by atoms with Gasteiger partial charge >= 0.3 is 0 Å². The maximum atomic E-state index is 9.89. The van der Waals surface area contributed by atoms with Crippen molar-refractivity contribution in [3.05, 3.63) is 34.3 Å². The molecule has 2 aliphatic heterocycles. The summed E-state index contributed by atoms with van der Waals surface area (Å²) in [5.74, 6) is -2.48. The second-order valence-corrected chi connectivity index (χ2v) is 6.95. The van der Waals surface area contributed by atoms with Gasteiger partial charge in [-0.1, -0.05) is 35.0 Å². The molecule has 0 amide bonds. The predicted molar refractivity (Wildman–Crippen MR) is 86.0 cm³/mol. The summed E-state index contributed by atoms with van der Waals surface area (Å²) in [6.45, 7) is 3.25. The van der Waals surface area contributed by atoms with Gasteiger partial charge in [-0.2, -0.15) is 15.8 Å². The van der Waals surface area contributed by atoms with Crippen molar-refractivity contribution in [2.75, 3.05) is 0 Å². The van der Waals surface area contributed by atoms with Gasteiger partial charge in [-0.25, -0.2) is 0 Å². The van der Waals surface area contributed by atoms with Gasteiger partial charge in [0.15, 0.2) is 10.8 Å². The van der Waals surface area contributed by atoms with Crippen LogP contribution in [0, 0.1) is 56.2 Å². The molecule has 1 N–H and O–H groups in total. The average molecular weight is 385 g/mol. The molecule has 120 valence electrons. The molecule has 2 saturated heterocycles. The molecular weight excluding hydrogens is 372 g/mol. The number of nitrogens with one attached hydrogen (secondary N) is 1. The molecule has 2 bridgehead atoms. The maximum absolute atomic E-state index is 9.89. The molecule has 3 rings (SSSR count). The fourth-order valence-corrected chi connectivity index (χ4v) is 4.06. The van der Waals surface area contributed by atoms with E-state index in [1.807, 2.05) is 12.1 Å². The molecule has 0 radical (unpaired) electrons. The number of hydrogen-bond acceptors (Lipinski definition) is 6. The number of hydrogen-bond donors (Lipinski definition) is 1. The molecule has 0 spiro atoms. The van der Waals surface area contributed by atoms with Crippen molar-refractivity contribution in [3.63, 3.8) is 0 Å². The molecule has 6 nitrogen and oxygen atoms in total. The Kier molecular flexibility index (Phi) is 3.46. The summed E-state index contributed by atoms with van der Waals surface area (Å²) in [7, 11) is 0. The molecule has 1 aromatic rings. The molecule has 0 aliphatic carbocycles. The fourth-order valence-electron chi connectivity index (χ4n) is 3.80. The lowest BCUT2D eigenvalue weighted by Crippen LogP contribution is -2.60. The first-order chi connectivity index (χ1) is 11.3. The highest BCUT2D eigenvalue weighted by Crippen LogP contribution is 2.65. The molecule has 4 unspecified atom stereocenters. The molecule has 1 aromatic carbocycles. The summed E-state index contributed by atoms with van der Waals surface area (Å²) in [5.41, 5.74) is -2.87. The van der Waals surface area contributed by atoms with E-state index in [1.54, 1.807) is 38.1 Å². The summed E-state index contributed by atoms with van der Waals surface area (Å²) in [4.78, 5) is 0. The van der Waals surface area contributed by atoms with E-state index < -0.39 is 34.5 Å².